The molecule has 0 unspecified atom stereocenters. The molecule has 0 bridgehead atoms. The predicted molar refractivity (Wildman–Crippen MR) is 57.6 cm³/mol. The van der Waals surface area contributed by atoms with Crippen LogP contribution in [0.5, 0.6) is 5.75 Å². The van der Waals surface area contributed by atoms with Crippen molar-refractivity contribution in [3.8, 4) is 5.75 Å². The molecule has 0 aromatic heterocycles. The Bertz CT molecular complexity index is 372. The van der Waals surface area contributed by atoms with Crippen molar-refractivity contribution in [2.45, 2.75) is 31.7 Å². The maximum absolute atomic E-state index is 9.58. The number of benzene rings is 1. The number of halogens is 1. The van der Waals surface area contributed by atoms with Crippen LogP contribution in [-0.2, 0) is 5.54 Å². The molecule has 0 aliphatic heterocycles. The minimum absolute atomic E-state index is 0.137. The van der Waals surface area contributed by atoms with Crippen molar-refractivity contribution >= 4 is 11.6 Å². The first-order chi connectivity index (χ1) is 6.53. The molecule has 0 atom stereocenters. The standard InChI is InChI=1S/C11H14ClNO/c1-7-5-8(10(12)9(14)6-7)11(13)3-2-4-11/h5-6,14H,2-4,13H2,1H3. The number of hydrogen-bond acceptors (Lipinski definition) is 2. The molecule has 0 heterocycles. The van der Waals surface area contributed by atoms with E-state index in [2.05, 4.69) is 0 Å². The zero-order valence-corrected chi connectivity index (χ0v) is 8.93. The second kappa shape index (κ2) is 3.14. The monoisotopic (exact) mass is 211 g/mol. The lowest BCUT2D eigenvalue weighted by Crippen LogP contribution is -2.43. The van der Waals surface area contributed by atoms with Gasteiger partial charge in [-0.2, -0.15) is 0 Å². The van der Waals surface area contributed by atoms with Gasteiger partial charge in [-0.05, 0) is 43.4 Å². The molecule has 0 saturated heterocycles. The summed E-state index contributed by atoms with van der Waals surface area (Å²) in [6.07, 6.45) is 3.05. The Labute approximate surface area is 88.7 Å². The van der Waals surface area contributed by atoms with Crippen molar-refractivity contribution in [2.24, 2.45) is 5.73 Å². The van der Waals surface area contributed by atoms with Crippen molar-refractivity contribution in [3.63, 3.8) is 0 Å². The third kappa shape index (κ3) is 1.39. The summed E-state index contributed by atoms with van der Waals surface area (Å²) in [6.45, 7) is 1.93. The van der Waals surface area contributed by atoms with Crippen LogP contribution in [-0.4, -0.2) is 5.11 Å². The van der Waals surface area contributed by atoms with Gasteiger partial charge in [0.15, 0.2) is 0 Å². The van der Waals surface area contributed by atoms with Crippen LogP contribution in [0.3, 0.4) is 0 Å². The summed E-state index contributed by atoms with van der Waals surface area (Å²) in [4.78, 5) is 0. The molecule has 0 amide bonds. The van der Waals surface area contributed by atoms with Crippen LogP contribution in [0, 0.1) is 6.92 Å². The van der Waals surface area contributed by atoms with E-state index < -0.39 is 0 Å². The van der Waals surface area contributed by atoms with Crippen LogP contribution in [0.25, 0.3) is 0 Å². The van der Waals surface area contributed by atoms with E-state index in [1.54, 1.807) is 6.07 Å². The van der Waals surface area contributed by atoms with Gasteiger partial charge in [-0.25, -0.2) is 0 Å². The molecule has 3 heteroatoms. The Hall–Kier alpha value is -0.730. The first kappa shape index (κ1) is 9.81. The van der Waals surface area contributed by atoms with Gasteiger partial charge in [-0.15, -0.1) is 0 Å². The average Bonchev–Trinajstić information content (AvgIpc) is 2.07. The minimum Gasteiger partial charge on any atom is -0.506 e. The van der Waals surface area contributed by atoms with E-state index >= 15 is 0 Å². The summed E-state index contributed by atoms with van der Waals surface area (Å²) < 4.78 is 0. The van der Waals surface area contributed by atoms with E-state index in [4.69, 9.17) is 17.3 Å². The van der Waals surface area contributed by atoms with E-state index in [1.807, 2.05) is 13.0 Å². The number of aromatic hydroxyl groups is 1. The highest BCUT2D eigenvalue weighted by atomic mass is 35.5. The largest absolute Gasteiger partial charge is 0.506 e. The van der Waals surface area contributed by atoms with Crippen LogP contribution in [0.15, 0.2) is 12.1 Å². The van der Waals surface area contributed by atoms with Crippen molar-refractivity contribution in [1.29, 1.82) is 0 Å². The van der Waals surface area contributed by atoms with Gasteiger partial charge in [0, 0.05) is 5.54 Å². The van der Waals surface area contributed by atoms with Gasteiger partial charge in [-0.3, -0.25) is 0 Å². The van der Waals surface area contributed by atoms with Crippen LogP contribution in [0.2, 0.25) is 5.02 Å². The van der Waals surface area contributed by atoms with E-state index in [9.17, 15) is 5.11 Å². The highest BCUT2D eigenvalue weighted by Gasteiger charge is 2.36. The molecular formula is C11H14ClNO. The van der Waals surface area contributed by atoms with E-state index in [0.29, 0.717) is 5.02 Å². The highest BCUT2D eigenvalue weighted by Crippen LogP contribution is 2.44. The maximum atomic E-state index is 9.58. The number of phenols is 1. The second-order valence-electron chi connectivity index (χ2n) is 4.16. The molecule has 76 valence electrons. The van der Waals surface area contributed by atoms with Gasteiger partial charge in [-0.1, -0.05) is 17.7 Å². The van der Waals surface area contributed by atoms with Gasteiger partial charge >= 0.3 is 0 Å². The summed E-state index contributed by atoms with van der Waals surface area (Å²) >= 11 is 6.03. The third-order valence-electron chi connectivity index (χ3n) is 2.98. The lowest BCUT2D eigenvalue weighted by Gasteiger charge is -2.39. The Morgan fingerprint density at radius 1 is 1.43 bits per heavy atom. The molecule has 0 spiro atoms. The van der Waals surface area contributed by atoms with Gasteiger partial charge in [0.2, 0.25) is 0 Å². The SMILES string of the molecule is Cc1cc(O)c(Cl)c(C2(N)CCC2)c1. The van der Waals surface area contributed by atoms with Crippen molar-refractivity contribution in [3.05, 3.63) is 28.3 Å². The molecule has 3 N–H and O–H groups in total. The van der Waals surface area contributed by atoms with E-state index in [1.165, 1.54) is 0 Å². The van der Waals surface area contributed by atoms with Crippen molar-refractivity contribution in [2.75, 3.05) is 0 Å². The minimum atomic E-state index is -0.305. The summed E-state index contributed by atoms with van der Waals surface area (Å²) in [5.74, 6) is 0.137. The summed E-state index contributed by atoms with van der Waals surface area (Å²) in [7, 11) is 0. The van der Waals surface area contributed by atoms with Crippen LogP contribution in [0.4, 0.5) is 0 Å². The third-order valence-corrected chi connectivity index (χ3v) is 3.38. The maximum Gasteiger partial charge on any atom is 0.134 e. The molecule has 1 aromatic carbocycles. The number of phenolic OH excluding ortho intramolecular Hbond substituents is 1. The number of hydrogen-bond donors (Lipinski definition) is 2. The molecular weight excluding hydrogens is 198 g/mol. The van der Waals surface area contributed by atoms with Gasteiger partial charge in [0.05, 0.1) is 5.02 Å². The Morgan fingerprint density at radius 3 is 2.57 bits per heavy atom. The molecule has 14 heavy (non-hydrogen) atoms. The first-order valence-electron chi connectivity index (χ1n) is 4.81. The molecule has 1 aliphatic carbocycles. The van der Waals surface area contributed by atoms with E-state index in [0.717, 1.165) is 30.4 Å². The summed E-state index contributed by atoms with van der Waals surface area (Å²) in [5.41, 5.74) is 7.75. The zero-order chi connectivity index (χ0) is 10.3. The van der Waals surface area contributed by atoms with Crippen LogP contribution in [0.1, 0.15) is 30.4 Å². The topological polar surface area (TPSA) is 46.2 Å². The molecule has 1 aromatic rings. The smallest absolute Gasteiger partial charge is 0.134 e. The average molecular weight is 212 g/mol. The quantitative estimate of drug-likeness (QED) is 0.750. The molecule has 0 radical (unpaired) electrons. The molecule has 1 fully saturated rings. The predicted octanol–water partition coefficient (Wildman–Crippen LogP) is 2.69. The van der Waals surface area contributed by atoms with Gasteiger partial charge in [0.1, 0.15) is 5.75 Å². The molecule has 1 aliphatic rings. The van der Waals surface area contributed by atoms with Gasteiger partial charge < -0.3 is 10.8 Å². The molecule has 1 saturated carbocycles. The first-order valence-corrected chi connectivity index (χ1v) is 5.19. The van der Waals surface area contributed by atoms with Crippen LogP contribution >= 0.6 is 11.6 Å². The molecule has 2 nitrogen and oxygen atoms in total. The number of rotatable bonds is 1. The van der Waals surface area contributed by atoms with Crippen LogP contribution < -0.4 is 5.73 Å². The molecule has 2 rings (SSSR count). The Kier molecular flexibility index (Phi) is 2.20. The Morgan fingerprint density at radius 2 is 2.07 bits per heavy atom. The normalized spacial score (nSPS) is 19.1. The lowest BCUT2D eigenvalue weighted by atomic mass is 9.72. The summed E-state index contributed by atoms with van der Waals surface area (Å²) in [6, 6.07) is 3.63. The zero-order valence-electron chi connectivity index (χ0n) is 8.18. The van der Waals surface area contributed by atoms with Gasteiger partial charge in [0.25, 0.3) is 0 Å². The van der Waals surface area contributed by atoms with Crippen molar-refractivity contribution < 1.29 is 5.11 Å². The fraction of sp³-hybridized carbons (Fsp3) is 0.455. The summed E-state index contributed by atoms with van der Waals surface area (Å²) in [5, 5.41) is 9.99. The van der Waals surface area contributed by atoms with Crippen molar-refractivity contribution in [1.82, 2.24) is 0 Å². The fourth-order valence-electron chi connectivity index (χ4n) is 1.94. The number of aryl methyl sites for hydroxylation is 1. The fourth-order valence-corrected chi connectivity index (χ4v) is 2.24. The lowest BCUT2D eigenvalue weighted by molar-refractivity contribution is 0.253. The highest BCUT2D eigenvalue weighted by molar-refractivity contribution is 6.33. The Balaban J connectivity index is 2.51. The second-order valence-corrected chi connectivity index (χ2v) is 4.53. The number of nitrogens with two attached hydrogens (primary N) is 1. The van der Waals surface area contributed by atoms with E-state index in [-0.39, 0.29) is 11.3 Å².